The van der Waals surface area contributed by atoms with Crippen molar-refractivity contribution in [2.45, 2.75) is 6.42 Å². The van der Waals surface area contributed by atoms with Crippen LogP contribution < -0.4 is 16.4 Å². The molecule has 0 amide bonds. The van der Waals surface area contributed by atoms with Gasteiger partial charge in [0.2, 0.25) is 0 Å². The standard InChI is InChI=1S/C12H18N4O/c1-17-8-7-16(6-2-5-13)10-3-4-11(14)12(15)9-10/h3-4,9H,2,6-8,14-15H2,1H3. The van der Waals surface area contributed by atoms with E-state index in [-0.39, 0.29) is 0 Å². The van der Waals surface area contributed by atoms with E-state index >= 15 is 0 Å². The molecule has 0 radical (unpaired) electrons. The van der Waals surface area contributed by atoms with Gasteiger partial charge in [-0.3, -0.25) is 0 Å². The van der Waals surface area contributed by atoms with Crippen molar-refractivity contribution in [2.75, 3.05) is 43.2 Å². The third-order valence-electron chi connectivity index (χ3n) is 2.49. The molecule has 0 saturated heterocycles. The molecule has 0 aliphatic rings. The van der Waals surface area contributed by atoms with Gasteiger partial charge in [0, 0.05) is 25.9 Å². The average molecular weight is 234 g/mol. The lowest BCUT2D eigenvalue weighted by molar-refractivity contribution is 0.205. The smallest absolute Gasteiger partial charge is 0.0640 e. The van der Waals surface area contributed by atoms with Crippen molar-refractivity contribution in [3.63, 3.8) is 0 Å². The molecule has 0 aromatic heterocycles. The first-order valence-corrected chi connectivity index (χ1v) is 5.45. The second-order valence-corrected chi connectivity index (χ2v) is 3.70. The van der Waals surface area contributed by atoms with E-state index < -0.39 is 0 Å². The number of hydrogen-bond acceptors (Lipinski definition) is 5. The molecule has 1 aromatic rings. The second kappa shape index (κ2) is 6.61. The second-order valence-electron chi connectivity index (χ2n) is 3.70. The maximum atomic E-state index is 8.63. The SMILES string of the molecule is COCCN(CCC#N)c1ccc(N)c(N)c1. The summed E-state index contributed by atoms with van der Waals surface area (Å²) in [5.74, 6) is 0. The fraction of sp³-hybridized carbons (Fsp3) is 0.417. The van der Waals surface area contributed by atoms with E-state index in [0.717, 1.165) is 12.2 Å². The Morgan fingerprint density at radius 2 is 2.06 bits per heavy atom. The zero-order valence-corrected chi connectivity index (χ0v) is 10.0. The predicted octanol–water partition coefficient (Wildman–Crippen LogP) is 1.22. The van der Waals surface area contributed by atoms with E-state index in [4.69, 9.17) is 21.5 Å². The van der Waals surface area contributed by atoms with Crippen LogP contribution in [0, 0.1) is 11.3 Å². The molecule has 17 heavy (non-hydrogen) atoms. The number of nitrogen functional groups attached to an aromatic ring is 2. The van der Waals surface area contributed by atoms with Gasteiger partial charge in [-0.15, -0.1) is 0 Å². The van der Waals surface area contributed by atoms with Crippen LogP contribution in [-0.4, -0.2) is 26.8 Å². The number of nitrogens with two attached hydrogens (primary N) is 2. The molecule has 5 heteroatoms. The molecule has 0 heterocycles. The van der Waals surface area contributed by atoms with E-state index in [1.165, 1.54) is 0 Å². The largest absolute Gasteiger partial charge is 0.397 e. The van der Waals surface area contributed by atoms with Crippen molar-refractivity contribution in [1.29, 1.82) is 5.26 Å². The highest BCUT2D eigenvalue weighted by atomic mass is 16.5. The molecule has 1 rings (SSSR count). The summed E-state index contributed by atoms with van der Waals surface area (Å²) in [6.07, 6.45) is 0.466. The van der Waals surface area contributed by atoms with Crippen LogP contribution in [0.25, 0.3) is 0 Å². The van der Waals surface area contributed by atoms with E-state index in [2.05, 4.69) is 11.0 Å². The summed E-state index contributed by atoms with van der Waals surface area (Å²) >= 11 is 0. The lowest BCUT2D eigenvalue weighted by Crippen LogP contribution is -2.28. The van der Waals surface area contributed by atoms with E-state index in [1.54, 1.807) is 13.2 Å². The molecule has 0 bridgehead atoms. The summed E-state index contributed by atoms with van der Waals surface area (Å²) in [4.78, 5) is 2.06. The molecule has 4 N–H and O–H groups in total. The Hall–Kier alpha value is -1.93. The van der Waals surface area contributed by atoms with Crippen LogP contribution >= 0.6 is 0 Å². The van der Waals surface area contributed by atoms with Gasteiger partial charge in [-0.25, -0.2) is 0 Å². The molecular weight excluding hydrogens is 216 g/mol. The average Bonchev–Trinajstić information content (AvgIpc) is 2.33. The molecule has 5 nitrogen and oxygen atoms in total. The Labute approximate surface area is 102 Å². The van der Waals surface area contributed by atoms with Crippen LogP contribution in [-0.2, 0) is 4.74 Å². The Morgan fingerprint density at radius 3 is 2.65 bits per heavy atom. The fourth-order valence-electron chi connectivity index (χ4n) is 1.52. The predicted molar refractivity (Wildman–Crippen MR) is 69.6 cm³/mol. The van der Waals surface area contributed by atoms with E-state index in [9.17, 15) is 0 Å². The summed E-state index contributed by atoms with van der Waals surface area (Å²) in [6.45, 7) is 1.99. The fourth-order valence-corrected chi connectivity index (χ4v) is 1.52. The lowest BCUT2D eigenvalue weighted by Gasteiger charge is -2.24. The number of nitriles is 1. The third kappa shape index (κ3) is 3.85. The Balaban J connectivity index is 2.80. The monoisotopic (exact) mass is 234 g/mol. The number of ether oxygens (including phenoxy) is 1. The topological polar surface area (TPSA) is 88.3 Å². The first-order chi connectivity index (χ1) is 8.19. The van der Waals surface area contributed by atoms with Crippen LogP contribution in [0.2, 0.25) is 0 Å². The van der Waals surface area contributed by atoms with Crippen LogP contribution in [0.4, 0.5) is 17.1 Å². The number of benzene rings is 1. The Kier molecular flexibility index (Phi) is 5.11. The summed E-state index contributed by atoms with van der Waals surface area (Å²) in [5.41, 5.74) is 13.5. The zero-order chi connectivity index (χ0) is 12.7. The van der Waals surface area contributed by atoms with Gasteiger partial charge in [-0.1, -0.05) is 0 Å². The first kappa shape index (κ1) is 13.1. The normalized spacial score (nSPS) is 9.88. The Morgan fingerprint density at radius 1 is 1.29 bits per heavy atom. The van der Waals surface area contributed by atoms with Crippen LogP contribution in [0.15, 0.2) is 18.2 Å². The molecule has 0 atom stereocenters. The summed E-state index contributed by atoms with van der Waals surface area (Å²) < 4.78 is 5.05. The maximum Gasteiger partial charge on any atom is 0.0640 e. The number of methoxy groups -OCH3 is 1. The molecule has 0 fully saturated rings. The highest BCUT2D eigenvalue weighted by Gasteiger charge is 2.07. The number of hydrogen-bond donors (Lipinski definition) is 2. The molecule has 0 spiro atoms. The molecule has 0 aliphatic heterocycles. The van der Waals surface area contributed by atoms with Crippen molar-refractivity contribution in [2.24, 2.45) is 0 Å². The Bertz CT molecular complexity index is 400. The third-order valence-corrected chi connectivity index (χ3v) is 2.49. The number of nitrogens with zero attached hydrogens (tertiary/aromatic N) is 2. The first-order valence-electron chi connectivity index (χ1n) is 5.45. The van der Waals surface area contributed by atoms with Gasteiger partial charge in [-0.2, -0.15) is 5.26 Å². The van der Waals surface area contributed by atoms with Crippen molar-refractivity contribution in [1.82, 2.24) is 0 Å². The van der Waals surface area contributed by atoms with Gasteiger partial charge in [-0.05, 0) is 18.2 Å². The van der Waals surface area contributed by atoms with E-state index in [1.807, 2.05) is 12.1 Å². The summed E-state index contributed by atoms with van der Waals surface area (Å²) in [5, 5.41) is 8.63. The lowest BCUT2D eigenvalue weighted by atomic mass is 10.2. The molecule has 0 saturated carbocycles. The van der Waals surface area contributed by atoms with Gasteiger partial charge < -0.3 is 21.1 Å². The molecule has 0 unspecified atom stereocenters. The van der Waals surface area contributed by atoms with Gasteiger partial charge >= 0.3 is 0 Å². The van der Waals surface area contributed by atoms with Gasteiger partial charge in [0.15, 0.2) is 0 Å². The number of anilines is 3. The van der Waals surface area contributed by atoms with Crippen LogP contribution in [0.5, 0.6) is 0 Å². The molecule has 1 aromatic carbocycles. The minimum atomic E-state index is 0.466. The summed E-state index contributed by atoms with van der Waals surface area (Å²) in [7, 11) is 1.65. The highest BCUT2D eigenvalue weighted by Crippen LogP contribution is 2.23. The van der Waals surface area contributed by atoms with Crippen molar-refractivity contribution in [3.8, 4) is 6.07 Å². The van der Waals surface area contributed by atoms with Crippen LogP contribution in [0.3, 0.4) is 0 Å². The maximum absolute atomic E-state index is 8.63. The quantitative estimate of drug-likeness (QED) is 0.722. The van der Waals surface area contributed by atoms with E-state index in [0.29, 0.717) is 30.9 Å². The summed E-state index contributed by atoms with van der Waals surface area (Å²) in [6, 6.07) is 7.63. The van der Waals surface area contributed by atoms with Gasteiger partial charge in [0.05, 0.1) is 30.5 Å². The highest BCUT2D eigenvalue weighted by molar-refractivity contribution is 5.69. The van der Waals surface area contributed by atoms with Gasteiger partial charge in [0.1, 0.15) is 0 Å². The van der Waals surface area contributed by atoms with Gasteiger partial charge in [0.25, 0.3) is 0 Å². The van der Waals surface area contributed by atoms with Crippen molar-refractivity contribution in [3.05, 3.63) is 18.2 Å². The number of rotatable bonds is 6. The molecule has 0 aliphatic carbocycles. The molecule has 92 valence electrons. The van der Waals surface area contributed by atoms with Crippen molar-refractivity contribution < 1.29 is 4.74 Å². The molecular formula is C12H18N4O. The minimum absolute atomic E-state index is 0.466. The van der Waals surface area contributed by atoms with Crippen molar-refractivity contribution >= 4 is 17.1 Å². The van der Waals surface area contributed by atoms with Crippen LogP contribution in [0.1, 0.15) is 6.42 Å². The minimum Gasteiger partial charge on any atom is -0.397 e. The zero-order valence-electron chi connectivity index (χ0n) is 10.0.